The molecular weight excluding hydrogens is 1140 g/mol. The third kappa shape index (κ3) is 9.72. The van der Waals surface area contributed by atoms with E-state index in [0.29, 0.717) is 0 Å². The minimum absolute atomic E-state index is 0.887. The van der Waals surface area contributed by atoms with E-state index in [1.807, 2.05) is 0 Å². The summed E-state index contributed by atoms with van der Waals surface area (Å²) < 4.78 is 12.9. The molecule has 0 radical (unpaired) electrons. The number of hydrogen-bond acceptors (Lipinski definition) is 4. The van der Waals surface area contributed by atoms with Crippen LogP contribution in [0.25, 0.3) is 142 Å². The molecule has 19 aromatic rings. The van der Waals surface area contributed by atoms with E-state index in [4.69, 9.17) is 8.83 Å². The van der Waals surface area contributed by atoms with Gasteiger partial charge in [0.25, 0.3) is 0 Å². The maximum Gasteiger partial charge on any atom is 0.143 e. The molecule has 440 valence electrons. The van der Waals surface area contributed by atoms with Gasteiger partial charge < -0.3 is 18.6 Å². The molecule has 0 atom stereocenters. The summed E-state index contributed by atoms with van der Waals surface area (Å²) >= 11 is 0. The van der Waals surface area contributed by atoms with Gasteiger partial charge in [0, 0.05) is 66.1 Å². The maximum atomic E-state index is 6.48. The molecule has 0 bridgehead atoms. The Morgan fingerprint density at radius 3 is 0.904 bits per heavy atom. The first kappa shape index (κ1) is 54.4. The summed E-state index contributed by atoms with van der Waals surface area (Å²) in [5, 5.41) is 19.0. The first-order valence-corrected chi connectivity index (χ1v) is 32.1. The van der Waals surface area contributed by atoms with E-state index in [0.717, 1.165) is 88.8 Å². The fourth-order valence-electron chi connectivity index (χ4n) is 14.1. The van der Waals surface area contributed by atoms with Crippen LogP contribution in [0.4, 0.5) is 34.1 Å². The number of rotatable bonds is 9. The Morgan fingerprint density at radius 2 is 0.479 bits per heavy atom. The van der Waals surface area contributed by atoms with Gasteiger partial charge >= 0.3 is 0 Å². The van der Waals surface area contributed by atoms with Crippen LogP contribution in [0.1, 0.15) is 0 Å². The van der Waals surface area contributed by atoms with E-state index in [1.165, 1.54) is 87.2 Å². The summed E-state index contributed by atoms with van der Waals surface area (Å²) in [6, 6.07) is 126. The molecule has 2 aromatic heterocycles. The zero-order chi connectivity index (χ0) is 62.1. The van der Waals surface area contributed by atoms with E-state index >= 15 is 0 Å². The standard InChI is InChI=1S/C48H31NO.C42H27NO/c1-3-10-37-29-39(15-13-32(37)7-1)34-17-22-41(23-18-34)49(42-24-19-35(20-25-42)40-16-14-33-8-2-4-11-38(33)30-40)43-26-28-47-46(31-43)45-27-21-36-9-5-6-12-44(36)48(45)50-47;1-2-11-32-26-33(17-16-28(32)8-1)29-18-21-34(22-19-29)43(40-15-7-12-30-9-3-5-13-36(30)40)35-23-25-41-39(27-35)38-24-20-31-10-4-6-14-37(31)42(38)44-41/h1-31H;1-27H. The van der Waals surface area contributed by atoms with Crippen molar-refractivity contribution < 1.29 is 8.83 Å². The molecule has 2 heterocycles. The normalized spacial score (nSPS) is 11.6. The van der Waals surface area contributed by atoms with Crippen molar-refractivity contribution in [3.63, 3.8) is 0 Å². The summed E-state index contributed by atoms with van der Waals surface area (Å²) in [6.07, 6.45) is 0. The van der Waals surface area contributed by atoms with Crippen LogP contribution >= 0.6 is 0 Å². The lowest BCUT2D eigenvalue weighted by Gasteiger charge is -2.27. The van der Waals surface area contributed by atoms with Gasteiger partial charge in [0.15, 0.2) is 0 Å². The maximum absolute atomic E-state index is 6.48. The van der Waals surface area contributed by atoms with E-state index < -0.39 is 0 Å². The number of nitrogens with zero attached hydrogens (tertiary/aromatic N) is 2. The third-order valence-electron chi connectivity index (χ3n) is 18.8. The second-order valence-electron chi connectivity index (χ2n) is 24.4. The van der Waals surface area contributed by atoms with Crippen molar-refractivity contribution in [2.45, 2.75) is 0 Å². The van der Waals surface area contributed by atoms with Gasteiger partial charge in [-0.2, -0.15) is 0 Å². The quantitative estimate of drug-likeness (QED) is 0.144. The molecule has 0 spiro atoms. The Kier molecular flexibility index (Phi) is 13.2. The first-order valence-electron chi connectivity index (χ1n) is 32.1. The van der Waals surface area contributed by atoms with Crippen LogP contribution in [-0.4, -0.2) is 0 Å². The third-order valence-corrected chi connectivity index (χ3v) is 18.8. The van der Waals surface area contributed by atoms with Gasteiger partial charge in [0.2, 0.25) is 0 Å². The summed E-state index contributed by atoms with van der Waals surface area (Å²) in [6.45, 7) is 0. The predicted molar refractivity (Wildman–Crippen MR) is 398 cm³/mol. The first-order chi connectivity index (χ1) is 46.5. The number of fused-ring (bicyclic) bond motifs is 14. The van der Waals surface area contributed by atoms with E-state index in [1.54, 1.807) is 0 Å². The number of hydrogen-bond donors (Lipinski definition) is 0. The van der Waals surface area contributed by atoms with Crippen molar-refractivity contribution in [2.75, 3.05) is 9.80 Å². The fraction of sp³-hybridized carbons (Fsp3) is 0. The molecule has 0 aliphatic heterocycles. The minimum atomic E-state index is 0.887. The molecule has 0 unspecified atom stereocenters. The van der Waals surface area contributed by atoms with Gasteiger partial charge in [0.05, 0.1) is 5.69 Å². The molecule has 4 heteroatoms. The highest BCUT2D eigenvalue weighted by atomic mass is 16.3. The topological polar surface area (TPSA) is 32.8 Å². The molecule has 0 aliphatic rings. The Bertz CT molecular complexity index is 5990. The smallest absolute Gasteiger partial charge is 0.143 e. The van der Waals surface area contributed by atoms with Crippen molar-refractivity contribution in [3.05, 3.63) is 352 Å². The monoisotopic (exact) mass is 1200 g/mol. The van der Waals surface area contributed by atoms with E-state index in [2.05, 4.69) is 362 Å². The Balaban J connectivity index is 0.000000139. The molecule has 0 aliphatic carbocycles. The molecule has 0 saturated carbocycles. The zero-order valence-corrected chi connectivity index (χ0v) is 51.2. The molecule has 0 amide bonds. The minimum Gasteiger partial charge on any atom is -0.455 e. The van der Waals surface area contributed by atoms with Gasteiger partial charge in [-0.3, -0.25) is 0 Å². The summed E-state index contributed by atoms with van der Waals surface area (Å²) in [7, 11) is 0. The van der Waals surface area contributed by atoms with Crippen LogP contribution in [0.15, 0.2) is 361 Å². The van der Waals surface area contributed by atoms with Crippen LogP contribution in [-0.2, 0) is 0 Å². The summed E-state index contributed by atoms with van der Waals surface area (Å²) in [5.41, 5.74) is 17.4. The van der Waals surface area contributed by atoms with Crippen molar-refractivity contribution in [2.24, 2.45) is 0 Å². The SMILES string of the molecule is c1ccc2cc(-c3ccc(N(c4ccc(-c5ccc6ccccc6c5)cc4)c4ccc5oc6c7ccccc7ccc6c5c4)cc3)ccc2c1.c1ccc2cc(-c3ccc(N(c4ccc5oc6c7ccccc7ccc6c5c4)c4cccc5ccccc45)cc3)ccc2c1. The van der Waals surface area contributed by atoms with Crippen LogP contribution in [0, 0.1) is 0 Å². The zero-order valence-electron chi connectivity index (χ0n) is 51.2. The largest absolute Gasteiger partial charge is 0.455 e. The van der Waals surface area contributed by atoms with Crippen LogP contribution in [0.3, 0.4) is 0 Å². The highest BCUT2D eigenvalue weighted by molar-refractivity contribution is 6.17. The average molecular weight is 1200 g/mol. The highest BCUT2D eigenvalue weighted by Crippen LogP contribution is 2.45. The number of furan rings is 2. The Morgan fingerprint density at radius 1 is 0.170 bits per heavy atom. The lowest BCUT2D eigenvalue weighted by molar-refractivity contribution is 0.672. The summed E-state index contributed by atoms with van der Waals surface area (Å²) in [5.74, 6) is 0. The van der Waals surface area contributed by atoms with Crippen molar-refractivity contribution >= 4 is 143 Å². The average Bonchev–Trinajstić information content (AvgIpc) is 1.21. The molecule has 94 heavy (non-hydrogen) atoms. The lowest BCUT2D eigenvalue weighted by atomic mass is 10.00. The lowest BCUT2D eigenvalue weighted by Crippen LogP contribution is -2.10. The van der Waals surface area contributed by atoms with Gasteiger partial charge in [-0.1, -0.05) is 243 Å². The van der Waals surface area contributed by atoms with Crippen molar-refractivity contribution in [1.82, 2.24) is 0 Å². The molecular formula is C90H58N2O2. The van der Waals surface area contributed by atoms with Crippen LogP contribution < -0.4 is 9.80 Å². The van der Waals surface area contributed by atoms with Crippen molar-refractivity contribution in [1.29, 1.82) is 0 Å². The van der Waals surface area contributed by atoms with Gasteiger partial charge in [-0.05, 0) is 191 Å². The van der Waals surface area contributed by atoms with Crippen molar-refractivity contribution in [3.8, 4) is 33.4 Å². The van der Waals surface area contributed by atoms with Gasteiger partial charge in [0.1, 0.15) is 22.3 Å². The van der Waals surface area contributed by atoms with Gasteiger partial charge in [-0.25, -0.2) is 0 Å². The molecule has 19 rings (SSSR count). The van der Waals surface area contributed by atoms with E-state index in [-0.39, 0.29) is 0 Å². The van der Waals surface area contributed by atoms with Gasteiger partial charge in [-0.15, -0.1) is 0 Å². The molecule has 0 saturated heterocycles. The number of anilines is 6. The fourth-order valence-corrected chi connectivity index (χ4v) is 14.1. The number of benzene rings is 17. The molecule has 17 aromatic carbocycles. The van der Waals surface area contributed by atoms with Crippen LogP contribution in [0.5, 0.6) is 0 Å². The Labute approximate surface area is 543 Å². The predicted octanol–water partition coefficient (Wildman–Crippen LogP) is 26.0. The molecule has 0 N–H and O–H groups in total. The second-order valence-corrected chi connectivity index (χ2v) is 24.4. The molecule has 4 nitrogen and oxygen atoms in total. The highest BCUT2D eigenvalue weighted by Gasteiger charge is 2.21. The molecule has 0 fully saturated rings. The Hall–Kier alpha value is -12.5. The second kappa shape index (κ2) is 22.8. The van der Waals surface area contributed by atoms with E-state index in [9.17, 15) is 0 Å². The summed E-state index contributed by atoms with van der Waals surface area (Å²) in [4.78, 5) is 4.71. The van der Waals surface area contributed by atoms with Crippen LogP contribution in [0.2, 0.25) is 0 Å².